The molecule has 1 saturated heterocycles. The summed E-state index contributed by atoms with van der Waals surface area (Å²) in [7, 11) is -1.09. The normalized spacial score (nSPS) is 16.0. The molecule has 0 aromatic heterocycles. The Bertz CT molecular complexity index is 1660. The molecule has 64 heavy (non-hydrogen) atoms. The first-order valence-corrected chi connectivity index (χ1v) is 26.6. The number of methoxy groups -OCH3 is 1. The summed E-state index contributed by atoms with van der Waals surface area (Å²) in [6, 6.07) is 5.98. The molecule has 12 nitrogen and oxygen atoms in total. The van der Waals surface area contributed by atoms with Crippen LogP contribution < -0.4 is 10.1 Å². The summed E-state index contributed by atoms with van der Waals surface area (Å²) < 4.78 is 34.9. The van der Waals surface area contributed by atoms with Gasteiger partial charge in [0.25, 0.3) is 0 Å². The van der Waals surface area contributed by atoms with Crippen molar-refractivity contribution in [1.29, 1.82) is 0 Å². The molecule has 0 unspecified atom stereocenters. The number of ether oxygens (including phenoxy) is 5. The average Bonchev–Trinajstić information content (AvgIpc) is 3.69. The molecule has 2 N–H and O–H groups in total. The number of amides is 1. The fraction of sp³-hybridized carbons (Fsp3) is 0.725. The molecule has 0 bridgehead atoms. The Morgan fingerprint density at radius 2 is 1.52 bits per heavy atom. The van der Waals surface area contributed by atoms with Crippen LogP contribution in [0.2, 0.25) is 18.1 Å². The molecule has 1 fully saturated rings. The first-order valence-electron chi connectivity index (χ1n) is 23.7. The van der Waals surface area contributed by atoms with Crippen LogP contribution in [-0.4, -0.2) is 93.6 Å². The molecule has 0 spiro atoms. The lowest BCUT2D eigenvalue weighted by molar-refractivity contribution is -0.185. The number of aliphatic hydroxyl groups is 1. The molecule has 13 heteroatoms. The van der Waals surface area contributed by atoms with E-state index in [4.69, 9.17) is 28.1 Å². The Labute approximate surface area is 386 Å². The number of nitrogens with one attached hydrogen (secondary N) is 1. The summed E-state index contributed by atoms with van der Waals surface area (Å²) in [6.45, 7) is 21.0. The number of esters is 2. The second-order valence-electron chi connectivity index (χ2n) is 19.6. The molecule has 1 aliphatic heterocycles. The van der Waals surface area contributed by atoms with Crippen LogP contribution in [0.25, 0.3) is 0 Å². The van der Waals surface area contributed by atoms with Gasteiger partial charge in [0.2, 0.25) is 5.91 Å². The molecule has 2 rings (SSSR count). The van der Waals surface area contributed by atoms with Crippen molar-refractivity contribution in [3.63, 3.8) is 0 Å². The lowest BCUT2D eigenvalue weighted by Gasteiger charge is -2.38. The highest BCUT2D eigenvalue weighted by atomic mass is 28.4. The smallest absolute Gasteiger partial charge is 0.339 e. The van der Waals surface area contributed by atoms with E-state index in [2.05, 4.69) is 57.9 Å². The Morgan fingerprint density at radius 3 is 2.08 bits per heavy atom. The third kappa shape index (κ3) is 20.3. The summed E-state index contributed by atoms with van der Waals surface area (Å²) in [5, 5.41) is 15.3. The van der Waals surface area contributed by atoms with Gasteiger partial charge in [0.1, 0.15) is 18.0 Å². The molecule has 1 amide bonds. The monoisotopic (exact) mass is 914 g/mol. The van der Waals surface area contributed by atoms with E-state index in [0.29, 0.717) is 30.9 Å². The number of allylic oxidation sites excluding steroid dienone is 1. The number of carbonyl (C=O) groups is 4. The maximum Gasteiger partial charge on any atom is 0.339 e. The van der Waals surface area contributed by atoms with E-state index < -0.39 is 60.9 Å². The van der Waals surface area contributed by atoms with E-state index in [1.165, 1.54) is 32.8 Å². The van der Waals surface area contributed by atoms with Gasteiger partial charge in [0.15, 0.2) is 25.5 Å². The second-order valence-corrected chi connectivity index (χ2v) is 24.4. The Balaban J connectivity index is 2.40. The zero-order valence-corrected chi connectivity index (χ0v) is 42.3. The van der Waals surface area contributed by atoms with E-state index in [0.717, 1.165) is 44.9 Å². The SMILES string of the molecule is CC#CCOc1ccc(C[C@H](NC(=O)[C@@H](/C=C/CCCCCCC2(CCCCCCC)OCCO2)[C@@](O)(CCO[Si](C)(C)C(C)(C)C)C(=O)OC(C)(C)C)C(=O)CCC(=O)OC)cc1. The van der Waals surface area contributed by atoms with Crippen LogP contribution in [0.4, 0.5) is 0 Å². The fourth-order valence-corrected chi connectivity index (χ4v) is 8.25. The van der Waals surface area contributed by atoms with E-state index in [9.17, 15) is 24.3 Å². The molecule has 3 atom stereocenters. The predicted molar refractivity (Wildman–Crippen MR) is 254 cm³/mol. The zero-order chi connectivity index (χ0) is 47.9. The molecule has 1 aromatic rings. The van der Waals surface area contributed by atoms with E-state index in [-0.39, 0.29) is 43.9 Å². The fourth-order valence-electron chi connectivity index (χ4n) is 7.20. The van der Waals surface area contributed by atoms with Crippen LogP contribution in [-0.2, 0) is 49.0 Å². The highest BCUT2D eigenvalue weighted by Gasteiger charge is 2.50. The first kappa shape index (κ1) is 56.6. The summed E-state index contributed by atoms with van der Waals surface area (Å²) in [6.07, 6.45) is 14.9. The number of rotatable bonds is 30. The zero-order valence-electron chi connectivity index (χ0n) is 41.3. The Kier molecular flexibility index (Phi) is 24.6. The van der Waals surface area contributed by atoms with E-state index in [1.54, 1.807) is 58.0 Å². The van der Waals surface area contributed by atoms with E-state index in [1.807, 2.05) is 6.08 Å². The van der Waals surface area contributed by atoms with Crippen LogP contribution in [0.1, 0.15) is 157 Å². The topological polar surface area (TPSA) is 156 Å². The van der Waals surface area contributed by atoms with Crippen molar-refractivity contribution in [1.82, 2.24) is 5.32 Å². The third-order valence-corrected chi connectivity index (χ3v) is 16.7. The molecular weight excluding hydrogens is 831 g/mol. The highest BCUT2D eigenvalue weighted by molar-refractivity contribution is 6.74. The summed E-state index contributed by atoms with van der Waals surface area (Å²) in [4.78, 5) is 54.8. The molecule has 1 heterocycles. The second kappa shape index (κ2) is 27.8. The van der Waals surface area contributed by atoms with Gasteiger partial charge in [0, 0.05) is 32.3 Å². The van der Waals surface area contributed by atoms with E-state index >= 15 is 0 Å². The Morgan fingerprint density at radius 1 is 0.906 bits per heavy atom. The molecular formula is C51H83NO11Si. The van der Waals surface area contributed by atoms with Gasteiger partial charge in [0.05, 0.1) is 38.7 Å². The molecule has 0 aliphatic carbocycles. The summed E-state index contributed by atoms with van der Waals surface area (Å²) in [5.41, 5.74) is -2.63. The molecule has 0 saturated carbocycles. The standard InChI is InChI=1S/C51H83NO11Si/c1-12-14-16-20-23-32-50(60-37-38-61-50)33-24-21-18-17-19-22-25-42(51(57,47(56)63-48(3,4)5)34-36-62-64(10,11)49(6,7)8)46(55)52-43(44(53)30-31-45(54)58-9)39-40-26-28-41(29-27-40)59-35-15-13-2/h22,25-29,42-43,57H,12,14,16-21,23-24,30-39H2,1-11H3,(H,52,55)/b25-22+/t42-,43+,51+/m1/s1. The van der Waals surface area contributed by atoms with Crippen molar-refractivity contribution in [3.8, 4) is 17.6 Å². The largest absolute Gasteiger partial charge is 0.481 e. The van der Waals surface area contributed by atoms with Crippen LogP contribution >= 0.6 is 0 Å². The number of benzene rings is 1. The Hall–Kier alpha value is -3.54. The number of hydrogen-bond acceptors (Lipinski definition) is 11. The maximum absolute atomic E-state index is 14.7. The van der Waals surface area contributed by atoms with Gasteiger partial charge in [-0.15, -0.1) is 5.92 Å². The predicted octanol–water partition coefficient (Wildman–Crippen LogP) is 9.74. The lowest BCUT2D eigenvalue weighted by Crippen LogP contribution is -2.57. The molecule has 0 radical (unpaired) electrons. The van der Waals surface area contributed by atoms with Crippen molar-refractivity contribution >= 4 is 31.9 Å². The number of hydrogen-bond donors (Lipinski definition) is 2. The quantitative estimate of drug-likeness (QED) is 0.0249. The van der Waals surface area contributed by atoms with Gasteiger partial charge in [-0.2, -0.15) is 0 Å². The summed E-state index contributed by atoms with van der Waals surface area (Å²) in [5.74, 6) is 1.63. The van der Waals surface area contributed by atoms with Gasteiger partial charge in [-0.05, 0) is 95.6 Å². The van der Waals surface area contributed by atoms with Gasteiger partial charge >= 0.3 is 11.9 Å². The number of ketones is 1. The molecule has 362 valence electrons. The lowest BCUT2D eigenvalue weighted by atomic mass is 9.82. The van der Waals surface area contributed by atoms with Crippen LogP contribution in [0, 0.1) is 17.8 Å². The third-order valence-electron chi connectivity index (χ3n) is 12.1. The minimum Gasteiger partial charge on any atom is -0.481 e. The van der Waals surface area contributed by atoms with Crippen molar-refractivity contribution in [2.75, 3.05) is 33.5 Å². The van der Waals surface area contributed by atoms with Crippen molar-refractivity contribution in [2.24, 2.45) is 5.92 Å². The first-order chi connectivity index (χ1) is 30.1. The minimum atomic E-state index is -2.36. The van der Waals surface area contributed by atoms with Crippen LogP contribution in [0.3, 0.4) is 0 Å². The van der Waals surface area contributed by atoms with Crippen molar-refractivity contribution in [3.05, 3.63) is 42.0 Å². The summed E-state index contributed by atoms with van der Waals surface area (Å²) >= 11 is 0. The molecule has 1 aliphatic rings. The van der Waals surface area contributed by atoms with Gasteiger partial charge in [-0.25, -0.2) is 4.79 Å². The van der Waals surface area contributed by atoms with Crippen molar-refractivity contribution in [2.45, 2.75) is 199 Å². The number of unbranched alkanes of at least 4 members (excludes halogenated alkanes) is 8. The van der Waals surface area contributed by atoms with Crippen LogP contribution in [0.5, 0.6) is 5.75 Å². The average molecular weight is 914 g/mol. The molecule has 1 aromatic carbocycles. The highest BCUT2D eigenvalue weighted by Crippen LogP contribution is 2.38. The van der Waals surface area contributed by atoms with Crippen molar-refractivity contribution < 1.29 is 52.4 Å². The van der Waals surface area contributed by atoms with Gasteiger partial charge in [-0.1, -0.05) is 96.4 Å². The maximum atomic E-state index is 14.7. The van der Waals surface area contributed by atoms with Gasteiger partial charge < -0.3 is 38.5 Å². The minimum absolute atomic E-state index is 0.00272. The van der Waals surface area contributed by atoms with Crippen LogP contribution in [0.15, 0.2) is 36.4 Å². The number of carbonyl (C=O) groups excluding carboxylic acids is 4. The number of Topliss-reactive ketones (excluding diaryl/α,β-unsaturated/α-hetero) is 1. The van der Waals surface area contributed by atoms with Gasteiger partial charge in [-0.3, -0.25) is 14.4 Å².